The van der Waals surface area contributed by atoms with Crippen LogP contribution >= 0.6 is 91.5 Å². The van der Waals surface area contributed by atoms with E-state index in [-0.39, 0.29) is 41.8 Å². The number of unbranched alkanes of at least 4 members (excludes halogenated alkanes) is 8. The van der Waals surface area contributed by atoms with Crippen molar-refractivity contribution in [2.24, 2.45) is 11.8 Å². The Morgan fingerprint density at radius 1 is 0.398 bits per heavy atom. The Morgan fingerprint density at radius 3 is 1.19 bits per heavy atom. The van der Waals surface area contributed by atoms with Crippen LogP contribution in [0.15, 0.2) is 48.5 Å². The summed E-state index contributed by atoms with van der Waals surface area (Å²) in [4.78, 5) is 7.40. The van der Waals surface area contributed by atoms with Crippen molar-refractivity contribution < 1.29 is 26.3 Å². The molecule has 438 valence electrons. The fraction of sp³-hybridized carbons (Fsp3) is 0.438. The van der Waals surface area contributed by atoms with Crippen LogP contribution in [0.4, 0.5) is 26.3 Å². The van der Waals surface area contributed by atoms with Gasteiger partial charge in [-0.3, -0.25) is 0 Å². The third-order valence-corrected chi connectivity index (χ3v) is 31.2. The van der Waals surface area contributed by atoms with Gasteiger partial charge >= 0.3 is 0 Å². The van der Waals surface area contributed by atoms with Gasteiger partial charge in [-0.15, -0.1) is 68.0 Å². The summed E-state index contributed by atoms with van der Waals surface area (Å²) in [7, 11) is -2.81. The van der Waals surface area contributed by atoms with Gasteiger partial charge in [-0.2, -0.15) is 17.5 Å². The molecule has 0 radical (unpaired) electrons. The average molecular weight is 1290 g/mol. The summed E-state index contributed by atoms with van der Waals surface area (Å²) in [5.74, 6) is -4.27. The van der Waals surface area contributed by atoms with Gasteiger partial charge in [0.1, 0.15) is 41.8 Å². The number of hydrogen-bond donors (Lipinski definition) is 0. The second-order valence-corrected chi connectivity index (χ2v) is 34.0. The Hall–Kier alpha value is -3.92. The van der Waals surface area contributed by atoms with Crippen LogP contribution in [0.5, 0.6) is 0 Å². The highest BCUT2D eigenvalue weighted by Gasteiger charge is 2.50. The first-order valence-electron chi connectivity index (χ1n) is 29.7. The largest absolute Gasteiger partial charge is 0.206 e. The summed E-state index contributed by atoms with van der Waals surface area (Å²) in [6.07, 6.45) is 19.2. The number of aromatic nitrogens is 4. The van der Waals surface area contributed by atoms with E-state index in [4.69, 9.17) is 8.75 Å². The molecule has 2 unspecified atom stereocenters. The molecule has 0 amide bonds. The first kappa shape index (κ1) is 60.8. The summed E-state index contributed by atoms with van der Waals surface area (Å²) < 4.78 is 119. The van der Waals surface area contributed by atoms with Gasteiger partial charge in [0.25, 0.3) is 0 Å². The molecule has 2 atom stereocenters. The van der Waals surface area contributed by atoms with Crippen molar-refractivity contribution in [2.45, 2.75) is 169 Å². The predicted molar refractivity (Wildman–Crippen MR) is 350 cm³/mol. The van der Waals surface area contributed by atoms with Crippen LogP contribution in [0.1, 0.15) is 154 Å². The zero-order valence-electron chi connectivity index (χ0n) is 47.7. The molecule has 2 aromatic carbocycles. The predicted octanol–water partition coefficient (Wildman–Crippen LogP) is 23.1. The molecule has 0 saturated heterocycles. The number of fused-ring (bicyclic) bond motifs is 5. The second-order valence-electron chi connectivity index (χ2n) is 22.4. The lowest BCUT2D eigenvalue weighted by Gasteiger charge is -2.35. The molecule has 0 bridgehead atoms. The van der Waals surface area contributed by atoms with Crippen molar-refractivity contribution in [3.8, 4) is 71.0 Å². The molecule has 0 spiro atoms. The number of rotatable bonds is 28. The van der Waals surface area contributed by atoms with Gasteiger partial charge in [0.15, 0.2) is 23.3 Å². The van der Waals surface area contributed by atoms with Gasteiger partial charge in [-0.05, 0) is 109 Å². The highest BCUT2D eigenvalue weighted by Crippen LogP contribution is 2.53. The molecule has 8 aromatic heterocycles. The van der Waals surface area contributed by atoms with Crippen LogP contribution in [0, 0.1) is 46.7 Å². The molecule has 10 aromatic rings. The molecule has 11 rings (SSSR count). The van der Waals surface area contributed by atoms with Crippen molar-refractivity contribution in [3.63, 3.8) is 0 Å². The van der Waals surface area contributed by atoms with Crippen molar-refractivity contribution >= 4 is 132 Å². The lowest BCUT2D eigenvalue weighted by atomic mass is 10.0. The van der Waals surface area contributed by atoms with E-state index in [1.54, 1.807) is 0 Å². The third kappa shape index (κ3) is 11.8. The Kier molecular flexibility index (Phi) is 19.5. The van der Waals surface area contributed by atoms with E-state index in [1.165, 1.54) is 67.9 Å². The highest BCUT2D eigenvalue weighted by atomic mass is 32.1. The van der Waals surface area contributed by atoms with Crippen LogP contribution in [0.2, 0.25) is 12.1 Å². The van der Waals surface area contributed by atoms with Crippen molar-refractivity contribution in [1.82, 2.24) is 17.5 Å². The van der Waals surface area contributed by atoms with Gasteiger partial charge in [0, 0.05) is 50.1 Å². The second kappa shape index (κ2) is 26.6. The van der Waals surface area contributed by atoms with E-state index in [2.05, 4.69) is 62.4 Å². The van der Waals surface area contributed by atoms with E-state index >= 15 is 26.3 Å². The van der Waals surface area contributed by atoms with E-state index in [1.807, 2.05) is 24.3 Å². The number of hydrogen-bond acceptors (Lipinski definition) is 12. The number of halogens is 6. The zero-order valence-corrected chi connectivity index (χ0v) is 55.3. The topological polar surface area (TPSA) is 51.6 Å². The summed E-state index contributed by atoms with van der Waals surface area (Å²) in [6, 6.07) is 16.7. The zero-order chi connectivity index (χ0) is 58.1. The molecule has 0 saturated carbocycles. The number of thiophene rings is 6. The van der Waals surface area contributed by atoms with Gasteiger partial charge < -0.3 is 0 Å². The van der Waals surface area contributed by atoms with Crippen molar-refractivity contribution in [2.75, 3.05) is 0 Å². The normalized spacial score (nSPS) is 13.8. The maximum Gasteiger partial charge on any atom is 0.178 e. The van der Waals surface area contributed by atoms with E-state index in [0.29, 0.717) is 53.4 Å². The Labute approximate surface area is 516 Å². The van der Waals surface area contributed by atoms with E-state index < -0.39 is 43.0 Å². The molecule has 1 aliphatic heterocycles. The summed E-state index contributed by atoms with van der Waals surface area (Å²) in [5.41, 5.74) is 2.18. The number of nitrogens with zero attached hydrogens (tertiary/aromatic N) is 4. The minimum atomic E-state index is -2.81. The number of aryl methyl sites for hydroxylation is 2. The fourth-order valence-corrected chi connectivity index (χ4v) is 28.5. The van der Waals surface area contributed by atoms with Crippen molar-refractivity contribution in [1.29, 1.82) is 0 Å². The average Bonchev–Trinajstić information content (AvgIpc) is 2.52. The molecule has 19 heteroatoms. The van der Waals surface area contributed by atoms with Crippen LogP contribution < -0.4 is 10.4 Å². The maximum absolute atomic E-state index is 17.5. The molecule has 9 heterocycles. The van der Waals surface area contributed by atoms with Gasteiger partial charge in [0.05, 0.1) is 54.1 Å². The summed E-state index contributed by atoms with van der Waals surface area (Å²) >= 11 is 9.82. The summed E-state index contributed by atoms with van der Waals surface area (Å²) in [6.45, 7) is 13.4. The minimum absolute atomic E-state index is 0.00724. The van der Waals surface area contributed by atoms with E-state index in [9.17, 15) is 0 Å². The SMILES string of the molecule is CCCCCCc1ccc(-c2sc(-c3cc(F)c(-c4cc5c(s4)-c4sc(-c6c(F)cc(-c7sc(-c8ccc(CCCCCC)s8)c(F)c7F)c7nsnc67)cc4[Si]5(CC(CC)CCCC)CC(CC)CCCC)c4nsnc34)c(F)c2F)s1. The molecule has 0 aliphatic carbocycles. The Balaban J connectivity index is 1.02. The van der Waals surface area contributed by atoms with Crippen LogP contribution in [0.25, 0.3) is 93.1 Å². The fourth-order valence-electron chi connectivity index (χ4n) is 12.4. The molecule has 4 nitrogen and oxygen atoms in total. The standard InChI is InChI=1S/C64H68F6N4S8Si/c1-7-13-17-19-23-37-25-27-43(75-37)61-53(69)51(67)59(79-61)39-29-41(65)49(57-55(39)71-81-73-57)45-31-47-63(77-45)64-48(83(47,33-35(11-5)21-15-9-3)34-36(12-6)22-16-10-4)32-46(78-64)50-42(66)30-40(56-58(50)74-82-72-56)60-52(68)54(70)62(80-60)44-28-26-38(76-44)24-20-18-14-8-2/h25-32,35-36H,7-24,33-34H2,1-6H3. The highest BCUT2D eigenvalue weighted by molar-refractivity contribution is 7.32. The summed E-state index contributed by atoms with van der Waals surface area (Å²) in [5, 5.41) is 2.53. The van der Waals surface area contributed by atoms with Crippen LogP contribution in [-0.4, -0.2) is 25.6 Å². The Bertz CT molecular complexity index is 3640. The lowest BCUT2D eigenvalue weighted by molar-refractivity contribution is 0.469. The van der Waals surface area contributed by atoms with Crippen LogP contribution in [0.3, 0.4) is 0 Å². The first-order valence-corrected chi connectivity index (χ1v) is 38.5. The Morgan fingerprint density at radius 2 is 0.795 bits per heavy atom. The molecule has 1 aliphatic rings. The quantitative estimate of drug-likeness (QED) is 0.0279. The van der Waals surface area contributed by atoms with E-state index in [0.717, 1.165) is 193 Å². The molecular weight excluding hydrogens is 1220 g/mol. The molecular formula is C64H68F6N4S8Si. The molecule has 83 heavy (non-hydrogen) atoms. The monoisotopic (exact) mass is 1290 g/mol. The van der Waals surface area contributed by atoms with Gasteiger partial charge in [-0.25, -0.2) is 26.3 Å². The lowest BCUT2D eigenvalue weighted by Crippen LogP contribution is -2.56. The third-order valence-electron chi connectivity index (χ3n) is 16.9. The van der Waals surface area contributed by atoms with Gasteiger partial charge in [-0.1, -0.05) is 131 Å². The van der Waals surface area contributed by atoms with Crippen LogP contribution in [-0.2, 0) is 12.8 Å². The molecule has 0 fully saturated rings. The smallest absolute Gasteiger partial charge is 0.178 e. The molecule has 0 N–H and O–H groups in total. The van der Waals surface area contributed by atoms with Crippen molar-refractivity contribution in [3.05, 3.63) is 93.2 Å². The van der Waals surface area contributed by atoms with Gasteiger partial charge in [0.2, 0.25) is 0 Å². The maximum atomic E-state index is 17.5. The first-order chi connectivity index (χ1) is 40.4. The number of benzene rings is 2. The minimum Gasteiger partial charge on any atom is -0.206 e.